The fraction of sp³-hybridized carbons (Fsp3) is 0.391. The molecule has 28 heavy (non-hydrogen) atoms. The van der Waals surface area contributed by atoms with E-state index in [-0.39, 0.29) is 17.8 Å². The van der Waals surface area contributed by atoms with E-state index in [0.29, 0.717) is 31.0 Å². The molecule has 3 rings (SSSR count). The number of carbonyl (C=O) groups excluding carboxylic acids is 1. The molecule has 1 fully saturated rings. The molecule has 0 aliphatic carbocycles. The van der Waals surface area contributed by atoms with Gasteiger partial charge in [-0.05, 0) is 41.3 Å². The minimum absolute atomic E-state index is 0.0958. The van der Waals surface area contributed by atoms with Crippen molar-refractivity contribution < 1.29 is 9.18 Å². The third-order valence-corrected chi connectivity index (χ3v) is 5.33. The molecule has 1 amide bonds. The maximum atomic E-state index is 13.2. The van der Waals surface area contributed by atoms with Crippen molar-refractivity contribution >= 4 is 5.91 Å². The summed E-state index contributed by atoms with van der Waals surface area (Å²) in [5, 5.41) is 8.95. The molecule has 1 aliphatic heterocycles. The third kappa shape index (κ3) is 4.96. The molecule has 0 radical (unpaired) electrons. The van der Waals surface area contributed by atoms with Gasteiger partial charge in [-0.1, -0.05) is 38.1 Å². The molecule has 1 atom stereocenters. The van der Waals surface area contributed by atoms with Gasteiger partial charge in [-0.25, -0.2) is 4.39 Å². The monoisotopic (exact) mass is 379 g/mol. The zero-order valence-corrected chi connectivity index (χ0v) is 16.4. The van der Waals surface area contributed by atoms with Gasteiger partial charge in [0.25, 0.3) is 0 Å². The predicted octanol–water partition coefficient (Wildman–Crippen LogP) is 3.96. The molecule has 0 spiro atoms. The van der Waals surface area contributed by atoms with Crippen molar-refractivity contribution in [2.45, 2.75) is 39.4 Å². The first-order valence-electron chi connectivity index (χ1n) is 9.71. The van der Waals surface area contributed by atoms with Gasteiger partial charge in [0, 0.05) is 38.6 Å². The lowest BCUT2D eigenvalue weighted by molar-refractivity contribution is -0.134. The fourth-order valence-electron chi connectivity index (χ4n) is 3.69. The molecule has 5 heteroatoms. The Morgan fingerprint density at radius 1 is 1.07 bits per heavy atom. The Bertz CT molecular complexity index is 840. The molecular weight excluding hydrogens is 353 g/mol. The largest absolute Gasteiger partial charge is 0.334 e. The molecule has 0 aromatic heterocycles. The summed E-state index contributed by atoms with van der Waals surface area (Å²) in [5.41, 5.74) is 2.74. The van der Waals surface area contributed by atoms with Crippen LogP contribution >= 0.6 is 0 Å². The van der Waals surface area contributed by atoms with Crippen LogP contribution in [-0.2, 0) is 17.9 Å². The normalized spacial score (nSPS) is 18.2. The van der Waals surface area contributed by atoms with Crippen LogP contribution in [0.2, 0.25) is 0 Å². The van der Waals surface area contributed by atoms with Crippen molar-refractivity contribution in [2.75, 3.05) is 13.1 Å². The molecule has 2 aromatic rings. The zero-order valence-electron chi connectivity index (χ0n) is 16.4. The van der Waals surface area contributed by atoms with Crippen LogP contribution < -0.4 is 0 Å². The number of carbonyl (C=O) groups is 1. The van der Waals surface area contributed by atoms with E-state index in [2.05, 4.69) is 24.8 Å². The third-order valence-electron chi connectivity index (χ3n) is 5.33. The van der Waals surface area contributed by atoms with Crippen molar-refractivity contribution in [3.63, 3.8) is 0 Å². The van der Waals surface area contributed by atoms with Gasteiger partial charge in [0.2, 0.25) is 5.91 Å². The SMILES string of the molecule is CC(C)[C@@H]1CN(Cc2ccc(C#N)cc2)CCC(=O)N1Cc1ccc(F)cc1. The second-order valence-corrected chi connectivity index (χ2v) is 7.75. The van der Waals surface area contributed by atoms with Crippen molar-refractivity contribution in [3.05, 3.63) is 71.0 Å². The molecule has 4 nitrogen and oxygen atoms in total. The maximum Gasteiger partial charge on any atom is 0.224 e. The minimum atomic E-state index is -0.264. The Morgan fingerprint density at radius 3 is 2.29 bits per heavy atom. The van der Waals surface area contributed by atoms with Crippen LogP contribution in [0.5, 0.6) is 0 Å². The van der Waals surface area contributed by atoms with Crippen LogP contribution in [0, 0.1) is 23.1 Å². The van der Waals surface area contributed by atoms with E-state index in [1.165, 1.54) is 12.1 Å². The van der Waals surface area contributed by atoms with E-state index < -0.39 is 0 Å². The van der Waals surface area contributed by atoms with Gasteiger partial charge in [-0.3, -0.25) is 9.69 Å². The smallest absolute Gasteiger partial charge is 0.224 e. The van der Waals surface area contributed by atoms with Crippen LogP contribution in [0.3, 0.4) is 0 Å². The van der Waals surface area contributed by atoms with E-state index in [0.717, 1.165) is 24.2 Å². The molecule has 1 aliphatic rings. The number of amides is 1. The molecule has 146 valence electrons. The molecule has 1 saturated heterocycles. The molecule has 2 aromatic carbocycles. The highest BCUT2D eigenvalue weighted by molar-refractivity contribution is 5.77. The van der Waals surface area contributed by atoms with E-state index in [9.17, 15) is 9.18 Å². The number of benzene rings is 2. The standard InChI is InChI=1S/C23H26FN3O/c1-17(2)22-16-26(14-19-5-3-18(13-25)4-6-19)12-11-23(28)27(22)15-20-7-9-21(24)10-8-20/h3-10,17,22H,11-12,14-16H2,1-2H3/t22-/m0/s1. The summed E-state index contributed by atoms with van der Waals surface area (Å²) in [6, 6.07) is 16.2. The zero-order chi connectivity index (χ0) is 20.1. The van der Waals surface area contributed by atoms with Crippen molar-refractivity contribution in [3.8, 4) is 6.07 Å². The van der Waals surface area contributed by atoms with Gasteiger partial charge in [0.15, 0.2) is 0 Å². The van der Waals surface area contributed by atoms with Gasteiger partial charge < -0.3 is 4.90 Å². The maximum absolute atomic E-state index is 13.2. The Morgan fingerprint density at radius 2 is 1.68 bits per heavy atom. The lowest BCUT2D eigenvalue weighted by Gasteiger charge is -2.35. The Hall–Kier alpha value is -2.71. The number of rotatable bonds is 5. The van der Waals surface area contributed by atoms with Gasteiger partial charge in [-0.15, -0.1) is 0 Å². The lowest BCUT2D eigenvalue weighted by atomic mass is 10.0. The second-order valence-electron chi connectivity index (χ2n) is 7.75. The van der Waals surface area contributed by atoms with Crippen molar-refractivity contribution in [1.82, 2.24) is 9.80 Å². The number of hydrogen-bond donors (Lipinski definition) is 0. The van der Waals surface area contributed by atoms with Crippen molar-refractivity contribution in [2.24, 2.45) is 5.92 Å². The minimum Gasteiger partial charge on any atom is -0.334 e. The first kappa shape index (κ1) is 20.0. The second kappa shape index (κ2) is 8.99. The highest BCUT2D eigenvalue weighted by Crippen LogP contribution is 2.22. The number of halogens is 1. The average Bonchev–Trinajstić information content (AvgIpc) is 2.84. The van der Waals surface area contributed by atoms with Crippen molar-refractivity contribution in [1.29, 1.82) is 5.26 Å². The van der Waals surface area contributed by atoms with Crippen LogP contribution in [0.1, 0.15) is 37.0 Å². The predicted molar refractivity (Wildman–Crippen MR) is 107 cm³/mol. The first-order chi connectivity index (χ1) is 13.5. The fourth-order valence-corrected chi connectivity index (χ4v) is 3.69. The highest BCUT2D eigenvalue weighted by atomic mass is 19.1. The summed E-state index contributed by atoms with van der Waals surface area (Å²) in [4.78, 5) is 17.1. The van der Waals surface area contributed by atoms with Gasteiger partial charge in [-0.2, -0.15) is 5.26 Å². The van der Waals surface area contributed by atoms with Crippen LogP contribution in [-0.4, -0.2) is 34.8 Å². The molecule has 0 N–H and O–H groups in total. The number of nitrogens with zero attached hydrogens (tertiary/aromatic N) is 3. The molecule has 0 saturated carbocycles. The molecule has 1 heterocycles. The van der Waals surface area contributed by atoms with E-state index in [4.69, 9.17) is 5.26 Å². The summed E-state index contributed by atoms with van der Waals surface area (Å²) in [6.07, 6.45) is 0.473. The summed E-state index contributed by atoms with van der Waals surface area (Å²) in [7, 11) is 0. The Labute approximate surface area is 166 Å². The van der Waals surface area contributed by atoms with Crippen LogP contribution in [0.4, 0.5) is 4.39 Å². The topological polar surface area (TPSA) is 47.3 Å². The van der Waals surface area contributed by atoms with E-state index in [1.807, 2.05) is 29.2 Å². The summed E-state index contributed by atoms with van der Waals surface area (Å²) >= 11 is 0. The summed E-state index contributed by atoms with van der Waals surface area (Å²) in [6.45, 7) is 7.05. The lowest BCUT2D eigenvalue weighted by Crippen LogP contribution is -2.45. The van der Waals surface area contributed by atoms with E-state index in [1.54, 1.807) is 12.1 Å². The highest BCUT2D eigenvalue weighted by Gasteiger charge is 2.31. The van der Waals surface area contributed by atoms with Crippen LogP contribution in [0.25, 0.3) is 0 Å². The number of hydrogen-bond acceptors (Lipinski definition) is 3. The van der Waals surface area contributed by atoms with Gasteiger partial charge in [0.05, 0.1) is 11.6 Å². The number of nitriles is 1. The molecule has 0 unspecified atom stereocenters. The summed E-state index contributed by atoms with van der Waals surface area (Å²) < 4.78 is 13.2. The Kier molecular flexibility index (Phi) is 6.43. The van der Waals surface area contributed by atoms with Crippen LogP contribution in [0.15, 0.2) is 48.5 Å². The van der Waals surface area contributed by atoms with Gasteiger partial charge >= 0.3 is 0 Å². The molecular formula is C23H26FN3O. The average molecular weight is 379 g/mol. The van der Waals surface area contributed by atoms with Gasteiger partial charge in [0.1, 0.15) is 5.82 Å². The molecule has 0 bridgehead atoms. The summed E-state index contributed by atoms with van der Waals surface area (Å²) in [5.74, 6) is 0.191. The first-order valence-corrected chi connectivity index (χ1v) is 9.71. The Balaban J connectivity index is 1.75. The quantitative estimate of drug-likeness (QED) is 0.790. The van der Waals surface area contributed by atoms with E-state index >= 15 is 0 Å².